The normalized spacial score (nSPS) is 19.5. The number of amides is 1. The van der Waals surface area contributed by atoms with Crippen LogP contribution in [-0.2, 0) is 4.79 Å². The number of hydrogen-bond acceptors (Lipinski definition) is 3. The molecule has 1 unspecified atom stereocenters. The fraction of sp³-hybridized carbons (Fsp3) is 0.562. The largest absolute Gasteiger partial charge is 0.397 e. The maximum Gasteiger partial charge on any atom is 0.238 e. The monoisotopic (exact) mass is 275 g/mol. The Labute approximate surface area is 121 Å². The predicted octanol–water partition coefficient (Wildman–Crippen LogP) is 2.64. The first-order valence-electron chi connectivity index (χ1n) is 7.37. The fourth-order valence-electron chi connectivity index (χ4n) is 2.97. The number of nitrogen functional groups attached to an aromatic ring is 1. The van der Waals surface area contributed by atoms with Crippen molar-refractivity contribution < 1.29 is 4.79 Å². The number of nitrogens with zero attached hydrogens (tertiary/aromatic N) is 1. The lowest BCUT2D eigenvalue weighted by molar-refractivity contribution is -0.117. The summed E-state index contributed by atoms with van der Waals surface area (Å²) in [6.45, 7) is 7.90. The number of nitrogens with two attached hydrogens (primary N) is 1. The van der Waals surface area contributed by atoms with Gasteiger partial charge in [0.05, 0.1) is 17.9 Å². The predicted molar refractivity (Wildman–Crippen MR) is 83.7 cm³/mol. The molecule has 0 saturated carbocycles. The second kappa shape index (κ2) is 6.27. The van der Waals surface area contributed by atoms with Crippen LogP contribution in [-0.4, -0.2) is 29.9 Å². The van der Waals surface area contributed by atoms with Gasteiger partial charge in [-0.1, -0.05) is 19.9 Å². The average Bonchev–Trinajstić information content (AvgIpc) is 2.81. The summed E-state index contributed by atoms with van der Waals surface area (Å²) in [6, 6.07) is 6.23. The molecule has 110 valence electrons. The third kappa shape index (κ3) is 3.51. The minimum Gasteiger partial charge on any atom is -0.397 e. The van der Waals surface area contributed by atoms with Crippen molar-refractivity contribution in [3.8, 4) is 0 Å². The van der Waals surface area contributed by atoms with Crippen molar-refractivity contribution in [2.45, 2.75) is 39.7 Å². The quantitative estimate of drug-likeness (QED) is 0.831. The van der Waals surface area contributed by atoms with Crippen molar-refractivity contribution >= 4 is 17.3 Å². The van der Waals surface area contributed by atoms with Crippen molar-refractivity contribution in [3.05, 3.63) is 23.8 Å². The lowest BCUT2D eigenvalue weighted by Gasteiger charge is -2.26. The van der Waals surface area contributed by atoms with Crippen molar-refractivity contribution in [1.82, 2.24) is 4.90 Å². The van der Waals surface area contributed by atoms with Gasteiger partial charge < -0.3 is 11.1 Å². The Morgan fingerprint density at radius 2 is 2.25 bits per heavy atom. The minimum atomic E-state index is 0.0214. The molecule has 3 N–H and O–H groups in total. The van der Waals surface area contributed by atoms with Gasteiger partial charge >= 0.3 is 0 Å². The van der Waals surface area contributed by atoms with E-state index in [1.807, 2.05) is 25.1 Å². The van der Waals surface area contributed by atoms with Crippen LogP contribution < -0.4 is 11.1 Å². The molecule has 0 bridgehead atoms. The van der Waals surface area contributed by atoms with Crippen LogP contribution in [0.2, 0.25) is 0 Å². The second-order valence-electron chi connectivity index (χ2n) is 6.06. The molecule has 1 aromatic rings. The van der Waals surface area contributed by atoms with E-state index >= 15 is 0 Å². The molecule has 20 heavy (non-hydrogen) atoms. The van der Waals surface area contributed by atoms with Gasteiger partial charge in [-0.2, -0.15) is 0 Å². The number of anilines is 2. The standard InChI is InChI=1S/C16H25N3O/c1-11(2)15-5-4-8-19(15)10-16(20)18-14-7-6-12(3)9-13(14)17/h6-7,9,11,15H,4-5,8,10,17H2,1-3H3,(H,18,20). The van der Waals surface area contributed by atoms with Crippen LogP contribution in [0.5, 0.6) is 0 Å². The summed E-state index contributed by atoms with van der Waals surface area (Å²) in [5.41, 5.74) is 8.36. The van der Waals surface area contributed by atoms with Crippen molar-refractivity contribution in [2.75, 3.05) is 24.1 Å². The van der Waals surface area contributed by atoms with Crippen LogP contribution in [0, 0.1) is 12.8 Å². The first-order valence-corrected chi connectivity index (χ1v) is 7.37. The summed E-state index contributed by atoms with van der Waals surface area (Å²) in [5, 5.41) is 2.92. The maximum atomic E-state index is 12.2. The summed E-state index contributed by atoms with van der Waals surface area (Å²) in [4.78, 5) is 14.4. The summed E-state index contributed by atoms with van der Waals surface area (Å²) in [5.74, 6) is 0.614. The van der Waals surface area contributed by atoms with E-state index < -0.39 is 0 Å². The van der Waals surface area contributed by atoms with E-state index in [-0.39, 0.29) is 5.91 Å². The molecule has 1 aliphatic heterocycles. The first kappa shape index (κ1) is 14.9. The second-order valence-corrected chi connectivity index (χ2v) is 6.06. The van der Waals surface area contributed by atoms with Crippen molar-refractivity contribution in [3.63, 3.8) is 0 Å². The van der Waals surface area contributed by atoms with Crippen LogP contribution in [0.1, 0.15) is 32.3 Å². The molecule has 4 nitrogen and oxygen atoms in total. The summed E-state index contributed by atoms with van der Waals surface area (Å²) in [6.07, 6.45) is 2.38. The lowest BCUT2D eigenvalue weighted by Crippen LogP contribution is -2.39. The Kier molecular flexibility index (Phi) is 4.65. The first-order chi connectivity index (χ1) is 9.47. The van der Waals surface area contributed by atoms with Crippen molar-refractivity contribution in [2.24, 2.45) is 5.92 Å². The van der Waals surface area contributed by atoms with Gasteiger partial charge in [0.25, 0.3) is 0 Å². The number of nitrogens with one attached hydrogen (secondary N) is 1. The molecule has 1 atom stereocenters. The molecular weight excluding hydrogens is 250 g/mol. The van der Waals surface area contributed by atoms with E-state index in [1.165, 1.54) is 12.8 Å². The molecular formula is C16H25N3O. The SMILES string of the molecule is Cc1ccc(NC(=O)CN2CCCC2C(C)C)c(N)c1. The third-order valence-electron chi connectivity index (χ3n) is 4.01. The Hall–Kier alpha value is -1.55. The smallest absolute Gasteiger partial charge is 0.238 e. The van der Waals surface area contributed by atoms with Gasteiger partial charge in [-0.05, 0) is 49.9 Å². The van der Waals surface area contributed by atoms with Crippen LogP contribution in [0.25, 0.3) is 0 Å². The van der Waals surface area contributed by atoms with E-state index in [0.717, 1.165) is 12.1 Å². The van der Waals surface area contributed by atoms with Crippen LogP contribution in [0.3, 0.4) is 0 Å². The zero-order valence-electron chi connectivity index (χ0n) is 12.6. The average molecular weight is 275 g/mol. The number of carbonyl (C=O) groups excluding carboxylic acids is 1. The van der Waals surface area contributed by atoms with Gasteiger partial charge in [0, 0.05) is 6.04 Å². The zero-order chi connectivity index (χ0) is 14.7. The van der Waals surface area contributed by atoms with Crippen LogP contribution in [0.4, 0.5) is 11.4 Å². The molecule has 1 aliphatic rings. The Balaban J connectivity index is 1.95. The molecule has 1 saturated heterocycles. The Bertz CT molecular complexity index is 485. The van der Waals surface area contributed by atoms with Gasteiger partial charge in [-0.3, -0.25) is 9.69 Å². The van der Waals surface area contributed by atoms with Gasteiger partial charge in [0.15, 0.2) is 0 Å². The summed E-state index contributed by atoms with van der Waals surface area (Å²) < 4.78 is 0. The summed E-state index contributed by atoms with van der Waals surface area (Å²) in [7, 11) is 0. The number of benzene rings is 1. The summed E-state index contributed by atoms with van der Waals surface area (Å²) >= 11 is 0. The zero-order valence-corrected chi connectivity index (χ0v) is 12.6. The van der Waals surface area contributed by atoms with E-state index in [9.17, 15) is 4.79 Å². The minimum absolute atomic E-state index is 0.0214. The molecule has 2 rings (SSSR count). The molecule has 0 aliphatic carbocycles. The number of rotatable bonds is 4. The Morgan fingerprint density at radius 1 is 1.50 bits per heavy atom. The highest BCUT2D eigenvalue weighted by Crippen LogP contribution is 2.24. The molecule has 0 spiro atoms. The number of aryl methyl sites for hydroxylation is 1. The van der Waals surface area contributed by atoms with E-state index in [2.05, 4.69) is 24.1 Å². The topological polar surface area (TPSA) is 58.4 Å². The number of likely N-dealkylation sites (tertiary alicyclic amines) is 1. The molecule has 1 amide bonds. The van der Waals surface area contributed by atoms with E-state index in [0.29, 0.717) is 29.9 Å². The van der Waals surface area contributed by atoms with E-state index in [4.69, 9.17) is 5.73 Å². The van der Waals surface area contributed by atoms with Crippen molar-refractivity contribution in [1.29, 1.82) is 0 Å². The molecule has 0 aromatic heterocycles. The maximum absolute atomic E-state index is 12.2. The highest BCUT2D eigenvalue weighted by Gasteiger charge is 2.28. The molecule has 1 fully saturated rings. The highest BCUT2D eigenvalue weighted by molar-refractivity contribution is 5.95. The number of hydrogen-bond donors (Lipinski definition) is 2. The number of carbonyl (C=O) groups is 1. The van der Waals surface area contributed by atoms with Gasteiger partial charge in [-0.15, -0.1) is 0 Å². The van der Waals surface area contributed by atoms with Crippen LogP contribution >= 0.6 is 0 Å². The molecule has 1 heterocycles. The lowest BCUT2D eigenvalue weighted by atomic mass is 10.0. The van der Waals surface area contributed by atoms with Gasteiger partial charge in [0.1, 0.15) is 0 Å². The fourth-order valence-corrected chi connectivity index (χ4v) is 2.97. The molecule has 4 heteroatoms. The van der Waals surface area contributed by atoms with Gasteiger partial charge in [0.2, 0.25) is 5.91 Å². The highest BCUT2D eigenvalue weighted by atomic mass is 16.2. The molecule has 1 aromatic carbocycles. The molecule has 0 radical (unpaired) electrons. The Morgan fingerprint density at radius 3 is 2.90 bits per heavy atom. The van der Waals surface area contributed by atoms with Gasteiger partial charge in [-0.25, -0.2) is 0 Å². The van der Waals surface area contributed by atoms with E-state index in [1.54, 1.807) is 0 Å². The third-order valence-corrected chi connectivity index (χ3v) is 4.01. The van der Waals surface area contributed by atoms with Crippen LogP contribution in [0.15, 0.2) is 18.2 Å².